The van der Waals surface area contributed by atoms with Gasteiger partial charge in [-0.2, -0.15) is 11.8 Å². The van der Waals surface area contributed by atoms with E-state index >= 15 is 0 Å². The second kappa shape index (κ2) is 4.93. The first-order valence-corrected chi connectivity index (χ1v) is 5.21. The molecule has 1 rings (SSSR count). The van der Waals surface area contributed by atoms with Gasteiger partial charge >= 0.3 is 0 Å². The molecule has 0 bridgehead atoms. The Hall–Kier alpha value is -0.830. The van der Waals surface area contributed by atoms with Crippen LogP contribution in [0.2, 0.25) is 0 Å². The van der Waals surface area contributed by atoms with Gasteiger partial charge in [0.15, 0.2) is 0 Å². The highest BCUT2D eigenvalue weighted by molar-refractivity contribution is 7.98. The summed E-state index contributed by atoms with van der Waals surface area (Å²) in [5.74, 6) is 1.09. The van der Waals surface area contributed by atoms with Gasteiger partial charge < -0.3 is 5.41 Å². The highest BCUT2D eigenvalue weighted by Gasteiger charge is 1.98. The molecule has 0 radical (unpaired) electrons. The molecule has 1 heterocycles. The van der Waals surface area contributed by atoms with Gasteiger partial charge in [0.05, 0.1) is 5.69 Å². The topological polar surface area (TPSA) is 36.7 Å². The average Bonchev–Trinajstić information content (AvgIpc) is 2.15. The van der Waals surface area contributed by atoms with Crippen molar-refractivity contribution in [2.75, 3.05) is 12.0 Å². The van der Waals surface area contributed by atoms with E-state index in [1.54, 1.807) is 6.20 Å². The SMILES string of the molecule is CSCCc1cccnc1C=N. The maximum atomic E-state index is 7.13. The third-order valence-electron chi connectivity index (χ3n) is 1.64. The van der Waals surface area contributed by atoms with Gasteiger partial charge in [0.2, 0.25) is 0 Å². The van der Waals surface area contributed by atoms with Crippen LogP contribution in [-0.4, -0.2) is 23.2 Å². The van der Waals surface area contributed by atoms with Crippen LogP contribution in [0.3, 0.4) is 0 Å². The van der Waals surface area contributed by atoms with Crippen molar-refractivity contribution in [2.24, 2.45) is 0 Å². The first-order chi connectivity index (χ1) is 5.88. The quantitative estimate of drug-likeness (QED) is 0.719. The fourth-order valence-corrected chi connectivity index (χ4v) is 1.43. The van der Waals surface area contributed by atoms with Crippen LogP contribution in [0.25, 0.3) is 0 Å². The Bertz CT molecular complexity index is 260. The van der Waals surface area contributed by atoms with Crippen LogP contribution in [0.1, 0.15) is 11.3 Å². The van der Waals surface area contributed by atoms with Crippen molar-refractivity contribution >= 4 is 18.0 Å². The molecule has 0 aromatic carbocycles. The number of nitrogens with one attached hydrogen (secondary N) is 1. The lowest BCUT2D eigenvalue weighted by molar-refractivity contribution is 1.10. The van der Waals surface area contributed by atoms with E-state index < -0.39 is 0 Å². The standard InChI is InChI=1S/C9H12N2S/c1-12-6-4-8-3-2-5-11-9(8)7-10/h2-3,5,7,10H,4,6H2,1H3. The molecule has 0 aliphatic carbocycles. The molecule has 3 heteroatoms. The van der Waals surface area contributed by atoms with E-state index in [4.69, 9.17) is 5.41 Å². The largest absolute Gasteiger partial charge is 0.306 e. The molecular weight excluding hydrogens is 168 g/mol. The zero-order chi connectivity index (χ0) is 8.81. The molecular formula is C9H12N2S. The Balaban J connectivity index is 2.75. The monoisotopic (exact) mass is 180 g/mol. The summed E-state index contributed by atoms with van der Waals surface area (Å²) < 4.78 is 0. The van der Waals surface area contributed by atoms with Gasteiger partial charge in [-0.25, -0.2) is 0 Å². The average molecular weight is 180 g/mol. The van der Waals surface area contributed by atoms with E-state index in [-0.39, 0.29) is 0 Å². The molecule has 0 atom stereocenters. The van der Waals surface area contributed by atoms with Crippen LogP contribution >= 0.6 is 11.8 Å². The fraction of sp³-hybridized carbons (Fsp3) is 0.333. The van der Waals surface area contributed by atoms with Crippen molar-refractivity contribution in [3.63, 3.8) is 0 Å². The molecule has 1 aromatic rings. The number of aromatic nitrogens is 1. The zero-order valence-corrected chi connectivity index (χ0v) is 7.90. The lowest BCUT2D eigenvalue weighted by atomic mass is 10.1. The summed E-state index contributed by atoms with van der Waals surface area (Å²) in [5, 5.41) is 7.13. The number of pyridine rings is 1. The molecule has 0 amide bonds. The second-order valence-electron chi connectivity index (χ2n) is 2.43. The summed E-state index contributed by atoms with van der Waals surface area (Å²) in [6, 6.07) is 3.95. The van der Waals surface area contributed by atoms with Crippen molar-refractivity contribution in [3.05, 3.63) is 29.6 Å². The van der Waals surface area contributed by atoms with Crippen LogP contribution in [0.4, 0.5) is 0 Å². The maximum absolute atomic E-state index is 7.13. The summed E-state index contributed by atoms with van der Waals surface area (Å²) >= 11 is 1.81. The predicted molar refractivity (Wildman–Crippen MR) is 54.2 cm³/mol. The van der Waals surface area contributed by atoms with Gasteiger partial charge in [-0.05, 0) is 30.1 Å². The van der Waals surface area contributed by atoms with Crippen LogP contribution in [-0.2, 0) is 6.42 Å². The fourth-order valence-electron chi connectivity index (χ4n) is 1.00. The molecule has 64 valence electrons. The van der Waals surface area contributed by atoms with Crippen molar-refractivity contribution in [1.82, 2.24) is 4.98 Å². The van der Waals surface area contributed by atoms with E-state index in [1.165, 1.54) is 11.8 Å². The Morgan fingerprint density at radius 1 is 1.67 bits per heavy atom. The van der Waals surface area contributed by atoms with Crippen molar-refractivity contribution in [1.29, 1.82) is 5.41 Å². The molecule has 1 N–H and O–H groups in total. The lowest BCUT2D eigenvalue weighted by Gasteiger charge is -2.01. The summed E-state index contributed by atoms with van der Waals surface area (Å²) in [6.07, 6.45) is 6.12. The third kappa shape index (κ3) is 2.34. The summed E-state index contributed by atoms with van der Waals surface area (Å²) in [6.45, 7) is 0. The van der Waals surface area contributed by atoms with Crippen molar-refractivity contribution < 1.29 is 0 Å². The molecule has 0 saturated carbocycles. The number of rotatable bonds is 4. The first-order valence-electron chi connectivity index (χ1n) is 3.81. The molecule has 0 aliphatic heterocycles. The molecule has 0 unspecified atom stereocenters. The molecule has 0 fully saturated rings. The van der Waals surface area contributed by atoms with Crippen LogP contribution < -0.4 is 0 Å². The van der Waals surface area contributed by atoms with E-state index in [0.717, 1.165) is 17.9 Å². The minimum absolute atomic E-state index is 0.798. The molecule has 0 aliphatic rings. The highest BCUT2D eigenvalue weighted by Crippen LogP contribution is 2.06. The smallest absolute Gasteiger partial charge is 0.0837 e. The third-order valence-corrected chi connectivity index (χ3v) is 2.25. The number of thioether (sulfide) groups is 1. The van der Waals surface area contributed by atoms with Crippen molar-refractivity contribution in [2.45, 2.75) is 6.42 Å². The van der Waals surface area contributed by atoms with Gasteiger partial charge in [-0.15, -0.1) is 0 Å². The maximum Gasteiger partial charge on any atom is 0.0837 e. The molecule has 12 heavy (non-hydrogen) atoms. The summed E-state index contributed by atoms with van der Waals surface area (Å²) in [4.78, 5) is 4.10. The predicted octanol–water partition coefficient (Wildman–Crippen LogP) is 1.98. The summed E-state index contributed by atoms with van der Waals surface area (Å²) in [5.41, 5.74) is 1.97. The zero-order valence-electron chi connectivity index (χ0n) is 7.08. The van der Waals surface area contributed by atoms with E-state index in [9.17, 15) is 0 Å². The molecule has 0 spiro atoms. The van der Waals surface area contributed by atoms with Gasteiger partial charge in [-0.1, -0.05) is 6.07 Å². The van der Waals surface area contributed by atoms with E-state index in [1.807, 2.05) is 23.9 Å². The minimum Gasteiger partial charge on any atom is -0.306 e. The summed E-state index contributed by atoms with van der Waals surface area (Å²) in [7, 11) is 0. The Morgan fingerprint density at radius 3 is 3.17 bits per heavy atom. The normalized spacial score (nSPS) is 9.75. The number of hydrogen-bond acceptors (Lipinski definition) is 3. The molecule has 2 nitrogen and oxygen atoms in total. The van der Waals surface area contributed by atoms with Gasteiger partial charge in [0.1, 0.15) is 0 Å². The van der Waals surface area contributed by atoms with Gasteiger partial charge in [0, 0.05) is 12.4 Å². The highest BCUT2D eigenvalue weighted by atomic mass is 32.2. The Labute approximate surface area is 76.9 Å². The minimum atomic E-state index is 0.798. The van der Waals surface area contributed by atoms with Crippen LogP contribution in [0, 0.1) is 5.41 Å². The second-order valence-corrected chi connectivity index (χ2v) is 3.42. The number of aryl methyl sites for hydroxylation is 1. The van der Waals surface area contributed by atoms with Crippen molar-refractivity contribution in [3.8, 4) is 0 Å². The molecule has 1 aromatic heterocycles. The van der Waals surface area contributed by atoms with E-state index in [2.05, 4.69) is 11.2 Å². The Morgan fingerprint density at radius 2 is 2.50 bits per heavy atom. The number of hydrogen-bond donors (Lipinski definition) is 1. The van der Waals surface area contributed by atoms with E-state index in [0.29, 0.717) is 0 Å². The number of nitrogens with zero attached hydrogens (tertiary/aromatic N) is 1. The molecule has 0 saturated heterocycles. The Kier molecular flexibility index (Phi) is 3.80. The van der Waals surface area contributed by atoms with Gasteiger partial charge in [-0.3, -0.25) is 4.98 Å². The lowest BCUT2D eigenvalue weighted by Crippen LogP contribution is -1.97. The first kappa shape index (κ1) is 9.26. The van der Waals surface area contributed by atoms with Crippen LogP contribution in [0.15, 0.2) is 18.3 Å². The van der Waals surface area contributed by atoms with Gasteiger partial charge in [0.25, 0.3) is 0 Å². The van der Waals surface area contributed by atoms with Crippen LogP contribution in [0.5, 0.6) is 0 Å².